The number of piperidine rings is 1. The maximum Gasteiger partial charge on any atom is 0.248 e. The molecule has 0 spiro atoms. The first-order valence-electron chi connectivity index (χ1n) is 10.8. The van der Waals surface area contributed by atoms with Gasteiger partial charge in [-0.15, -0.1) is 5.92 Å². The van der Waals surface area contributed by atoms with E-state index in [-0.39, 0.29) is 35.9 Å². The number of benzene rings is 1. The Labute approximate surface area is 184 Å². The first-order valence-corrected chi connectivity index (χ1v) is 10.8. The molecule has 1 saturated heterocycles. The molecule has 2 fully saturated rings. The fourth-order valence-electron chi connectivity index (χ4n) is 5.02. The van der Waals surface area contributed by atoms with E-state index in [4.69, 9.17) is 9.47 Å². The van der Waals surface area contributed by atoms with Gasteiger partial charge in [0.05, 0.1) is 7.11 Å². The summed E-state index contributed by atoms with van der Waals surface area (Å²) in [5.41, 5.74) is 2.34. The Morgan fingerprint density at radius 2 is 1.74 bits per heavy atom. The SMILES string of the molecule is CC#Cc1cc(C)c(C2C(=O)CC(C3CCN(C(=O)COC)CC3)CC2=O)c(OC)c1. The summed E-state index contributed by atoms with van der Waals surface area (Å²) in [5, 5.41) is 0. The van der Waals surface area contributed by atoms with Crippen LogP contribution in [0, 0.1) is 30.6 Å². The van der Waals surface area contributed by atoms with E-state index in [1.54, 1.807) is 20.1 Å². The fourth-order valence-corrected chi connectivity index (χ4v) is 5.02. The molecule has 2 aliphatic rings. The topological polar surface area (TPSA) is 72.9 Å². The monoisotopic (exact) mass is 425 g/mol. The van der Waals surface area contributed by atoms with E-state index in [2.05, 4.69) is 11.8 Å². The van der Waals surface area contributed by atoms with Gasteiger partial charge in [-0.05, 0) is 56.2 Å². The number of carbonyl (C=O) groups excluding carboxylic acids is 3. The zero-order chi connectivity index (χ0) is 22.5. The lowest BCUT2D eigenvalue weighted by molar-refractivity contribution is -0.139. The van der Waals surface area contributed by atoms with Gasteiger partial charge < -0.3 is 14.4 Å². The number of aryl methyl sites for hydroxylation is 1. The van der Waals surface area contributed by atoms with Crippen LogP contribution in [0.3, 0.4) is 0 Å². The summed E-state index contributed by atoms with van der Waals surface area (Å²) in [6.07, 6.45) is 2.43. The fraction of sp³-hybridized carbons (Fsp3) is 0.560. The second-order valence-corrected chi connectivity index (χ2v) is 8.47. The number of carbonyl (C=O) groups is 3. The molecular weight excluding hydrogens is 394 g/mol. The van der Waals surface area contributed by atoms with Gasteiger partial charge >= 0.3 is 0 Å². The van der Waals surface area contributed by atoms with Crippen LogP contribution in [0.4, 0.5) is 0 Å². The average Bonchev–Trinajstić information content (AvgIpc) is 2.74. The second kappa shape index (κ2) is 10.1. The molecule has 1 aromatic carbocycles. The summed E-state index contributed by atoms with van der Waals surface area (Å²) in [4.78, 5) is 40.1. The molecule has 0 N–H and O–H groups in total. The smallest absolute Gasteiger partial charge is 0.248 e. The maximum atomic E-state index is 13.2. The third kappa shape index (κ3) is 4.99. The van der Waals surface area contributed by atoms with Crippen molar-refractivity contribution in [3.05, 3.63) is 28.8 Å². The van der Waals surface area contributed by atoms with E-state index in [1.807, 2.05) is 17.9 Å². The van der Waals surface area contributed by atoms with E-state index in [9.17, 15) is 14.4 Å². The normalized spacial score (nSPS) is 22.1. The van der Waals surface area contributed by atoms with Crippen molar-refractivity contribution >= 4 is 17.5 Å². The highest BCUT2D eigenvalue weighted by atomic mass is 16.5. The van der Waals surface area contributed by atoms with Gasteiger partial charge in [-0.3, -0.25) is 14.4 Å². The van der Waals surface area contributed by atoms with E-state index < -0.39 is 5.92 Å². The summed E-state index contributed by atoms with van der Waals surface area (Å²) < 4.78 is 10.5. The summed E-state index contributed by atoms with van der Waals surface area (Å²) in [6, 6.07) is 3.71. The van der Waals surface area contributed by atoms with Crippen LogP contribution in [-0.4, -0.2) is 56.3 Å². The molecule has 3 rings (SSSR count). The molecule has 6 nitrogen and oxygen atoms in total. The number of methoxy groups -OCH3 is 2. The van der Waals surface area contributed by atoms with Crippen LogP contribution < -0.4 is 4.74 Å². The number of ether oxygens (including phenoxy) is 2. The molecule has 1 aromatic rings. The molecule has 1 saturated carbocycles. The molecule has 0 aromatic heterocycles. The Hall–Kier alpha value is -2.65. The number of likely N-dealkylation sites (tertiary alicyclic amines) is 1. The number of hydrogen-bond donors (Lipinski definition) is 0. The predicted octanol–water partition coefficient (Wildman–Crippen LogP) is 2.89. The number of rotatable bonds is 5. The van der Waals surface area contributed by atoms with Gasteiger partial charge in [-0.25, -0.2) is 0 Å². The van der Waals surface area contributed by atoms with Crippen LogP contribution in [0.15, 0.2) is 12.1 Å². The van der Waals surface area contributed by atoms with Crippen molar-refractivity contribution in [2.75, 3.05) is 33.9 Å². The van der Waals surface area contributed by atoms with Crippen LogP contribution >= 0.6 is 0 Å². The lowest BCUT2D eigenvalue weighted by Crippen LogP contribution is -2.43. The highest BCUT2D eigenvalue weighted by molar-refractivity contribution is 6.10. The number of amides is 1. The third-order valence-electron chi connectivity index (χ3n) is 6.52. The molecule has 166 valence electrons. The van der Waals surface area contributed by atoms with Gasteiger partial charge in [0.2, 0.25) is 5.91 Å². The summed E-state index contributed by atoms with van der Waals surface area (Å²) >= 11 is 0. The molecule has 1 aliphatic carbocycles. The van der Waals surface area contributed by atoms with E-state index in [0.717, 1.165) is 24.0 Å². The van der Waals surface area contributed by atoms with Crippen molar-refractivity contribution in [1.29, 1.82) is 0 Å². The minimum absolute atomic E-state index is 0.00408. The standard InChI is InChI=1S/C25H31NO5/c1-5-6-17-11-16(2)24(22(12-17)31-4)25-20(27)13-19(14-21(25)28)18-7-9-26(10-8-18)23(29)15-30-3/h11-12,18-19,25H,7-10,13-15H2,1-4H3. The summed E-state index contributed by atoms with van der Waals surface area (Å²) in [6.45, 7) is 5.07. The zero-order valence-corrected chi connectivity index (χ0v) is 18.8. The molecule has 0 bridgehead atoms. The first kappa shape index (κ1) is 23.0. The quantitative estimate of drug-likeness (QED) is 0.536. The lowest BCUT2D eigenvalue weighted by Gasteiger charge is -2.38. The number of nitrogens with zero attached hydrogens (tertiary/aromatic N) is 1. The maximum absolute atomic E-state index is 13.2. The minimum Gasteiger partial charge on any atom is -0.496 e. The van der Waals surface area contributed by atoms with Gasteiger partial charge in [0.1, 0.15) is 29.8 Å². The van der Waals surface area contributed by atoms with Gasteiger partial charge in [-0.2, -0.15) is 0 Å². The highest BCUT2D eigenvalue weighted by Crippen LogP contribution is 2.41. The third-order valence-corrected chi connectivity index (χ3v) is 6.52. The molecule has 0 radical (unpaired) electrons. The van der Waals surface area contributed by atoms with Gasteiger partial charge in [0, 0.05) is 44.2 Å². The van der Waals surface area contributed by atoms with E-state index in [1.165, 1.54) is 7.11 Å². The Bertz CT molecular complexity index is 900. The average molecular weight is 426 g/mol. The van der Waals surface area contributed by atoms with Gasteiger partial charge in [0.15, 0.2) is 0 Å². The van der Waals surface area contributed by atoms with Crippen LogP contribution in [0.5, 0.6) is 5.75 Å². The highest BCUT2D eigenvalue weighted by Gasteiger charge is 2.42. The lowest BCUT2D eigenvalue weighted by atomic mass is 9.69. The molecule has 0 unspecified atom stereocenters. The largest absolute Gasteiger partial charge is 0.496 e. The molecule has 1 aliphatic heterocycles. The minimum atomic E-state index is -0.766. The van der Waals surface area contributed by atoms with Crippen molar-refractivity contribution in [3.8, 4) is 17.6 Å². The Morgan fingerprint density at radius 3 is 2.29 bits per heavy atom. The molecule has 6 heteroatoms. The van der Waals surface area contributed by atoms with Crippen molar-refractivity contribution in [1.82, 2.24) is 4.90 Å². The van der Waals surface area contributed by atoms with Crippen molar-refractivity contribution in [2.24, 2.45) is 11.8 Å². The predicted molar refractivity (Wildman–Crippen MR) is 117 cm³/mol. The van der Waals surface area contributed by atoms with Gasteiger partial charge in [0.25, 0.3) is 0 Å². The second-order valence-electron chi connectivity index (χ2n) is 8.47. The number of ketones is 2. The molecule has 1 heterocycles. The van der Waals surface area contributed by atoms with Crippen LogP contribution in [-0.2, 0) is 19.1 Å². The number of Topliss-reactive ketones (excluding diaryl/α,β-unsaturated/α-hetero) is 2. The molecule has 0 atom stereocenters. The van der Waals surface area contributed by atoms with E-state index >= 15 is 0 Å². The van der Waals surface area contributed by atoms with Crippen LogP contribution in [0.25, 0.3) is 0 Å². The van der Waals surface area contributed by atoms with Crippen molar-refractivity contribution in [3.63, 3.8) is 0 Å². The molecular formula is C25H31NO5. The molecule has 31 heavy (non-hydrogen) atoms. The van der Waals surface area contributed by atoms with Crippen LogP contribution in [0.2, 0.25) is 0 Å². The summed E-state index contributed by atoms with van der Waals surface area (Å²) in [5.74, 6) is 5.92. The summed E-state index contributed by atoms with van der Waals surface area (Å²) in [7, 11) is 3.07. The van der Waals surface area contributed by atoms with Crippen LogP contribution in [0.1, 0.15) is 55.2 Å². The Balaban J connectivity index is 1.73. The zero-order valence-electron chi connectivity index (χ0n) is 18.8. The Kier molecular flexibility index (Phi) is 7.50. The first-order chi connectivity index (χ1) is 14.9. The molecule has 1 amide bonds. The van der Waals surface area contributed by atoms with E-state index in [0.29, 0.717) is 37.2 Å². The van der Waals surface area contributed by atoms with Crippen molar-refractivity contribution in [2.45, 2.75) is 45.4 Å². The van der Waals surface area contributed by atoms with Crippen molar-refractivity contribution < 1.29 is 23.9 Å². The Morgan fingerprint density at radius 1 is 1.10 bits per heavy atom. The number of hydrogen-bond acceptors (Lipinski definition) is 5. The van der Waals surface area contributed by atoms with Gasteiger partial charge in [-0.1, -0.05) is 5.92 Å².